The lowest BCUT2D eigenvalue weighted by Crippen LogP contribution is -2.32. The number of benzene rings is 2. The SMILES string of the molecule is O=C1N[C@H](Cc2c[nH]c3ccccc23)C(=O)N1c1cccc(Cl)c1. The summed E-state index contributed by atoms with van der Waals surface area (Å²) in [5.74, 6) is -0.271. The number of aromatic nitrogens is 1. The van der Waals surface area contributed by atoms with Crippen LogP contribution in [0.25, 0.3) is 10.9 Å². The molecular weight excluding hydrogens is 326 g/mol. The van der Waals surface area contributed by atoms with E-state index < -0.39 is 12.1 Å². The first kappa shape index (κ1) is 14.8. The zero-order chi connectivity index (χ0) is 16.7. The Balaban J connectivity index is 1.62. The van der Waals surface area contributed by atoms with Crippen molar-refractivity contribution in [3.8, 4) is 0 Å². The zero-order valence-electron chi connectivity index (χ0n) is 12.6. The summed E-state index contributed by atoms with van der Waals surface area (Å²) in [6.07, 6.45) is 2.32. The van der Waals surface area contributed by atoms with Gasteiger partial charge in [-0.15, -0.1) is 0 Å². The molecule has 0 bridgehead atoms. The van der Waals surface area contributed by atoms with Crippen LogP contribution in [0.3, 0.4) is 0 Å². The predicted molar refractivity (Wildman–Crippen MR) is 93.3 cm³/mol. The molecule has 3 amide bonds. The van der Waals surface area contributed by atoms with Crippen LogP contribution < -0.4 is 10.2 Å². The maximum absolute atomic E-state index is 12.7. The van der Waals surface area contributed by atoms with E-state index in [1.807, 2.05) is 30.5 Å². The molecule has 5 nitrogen and oxygen atoms in total. The average Bonchev–Trinajstić information content (AvgIpc) is 3.09. The molecule has 1 aliphatic rings. The first-order valence-corrected chi connectivity index (χ1v) is 7.96. The number of hydrogen-bond donors (Lipinski definition) is 2. The van der Waals surface area contributed by atoms with E-state index in [0.717, 1.165) is 21.4 Å². The van der Waals surface area contributed by atoms with Crippen molar-refractivity contribution >= 4 is 40.1 Å². The molecule has 1 atom stereocenters. The van der Waals surface area contributed by atoms with Crippen molar-refractivity contribution in [3.05, 3.63) is 65.3 Å². The van der Waals surface area contributed by atoms with Gasteiger partial charge in [0.1, 0.15) is 6.04 Å². The van der Waals surface area contributed by atoms with Gasteiger partial charge in [-0.05, 0) is 29.8 Å². The summed E-state index contributed by atoms with van der Waals surface area (Å²) in [4.78, 5) is 29.2. The number of halogens is 1. The van der Waals surface area contributed by atoms with Gasteiger partial charge in [0.05, 0.1) is 5.69 Å². The molecule has 0 aliphatic carbocycles. The van der Waals surface area contributed by atoms with Gasteiger partial charge in [-0.1, -0.05) is 35.9 Å². The van der Waals surface area contributed by atoms with Crippen molar-refractivity contribution in [2.75, 3.05) is 4.90 Å². The number of hydrogen-bond acceptors (Lipinski definition) is 2. The van der Waals surface area contributed by atoms with Gasteiger partial charge >= 0.3 is 6.03 Å². The molecule has 2 aromatic carbocycles. The van der Waals surface area contributed by atoms with E-state index in [1.165, 1.54) is 0 Å². The van der Waals surface area contributed by atoms with Gasteiger partial charge in [0.15, 0.2) is 0 Å². The number of rotatable bonds is 3. The lowest BCUT2D eigenvalue weighted by molar-refractivity contribution is -0.118. The maximum Gasteiger partial charge on any atom is 0.329 e. The van der Waals surface area contributed by atoms with Crippen LogP contribution >= 0.6 is 11.6 Å². The van der Waals surface area contributed by atoms with Gasteiger partial charge < -0.3 is 10.3 Å². The minimum Gasteiger partial charge on any atom is -0.361 e. The van der Waals surface area contributed by atoms with Crippen LogP contribution in [0, 0.1) is 0 Å². The van der Waals surface area contributed by atoms with Crippen molar-refractivity contribution in [1.29, 1.82) is 0 Å². The second-order valence-electron chi connectivity index (χ2n) is 5.72. The van der Waals surface area contributed by atoms with Crippen LogP contribution in [0.15, 0.2) is 54.7 Å². The average molecular weight is 340 g/mol. The monoisotopic (exact) mass is 339 g/mol. The summed E-state index contributed by atoms with van der Waals surface area (Å²) in [6.45, 7) is 0. The van der Waals surface area contributed by atoms with Gasteiger partial charge in [-0.2, -0.15) is 0 Å². The summed E-state index contributed by atoms with van der Waals surface area (Å²) in [5.41, 5.74) is 2.49. The fraction of sp³-hybridized carbons (Fsp3) is 0.111. The summed E-state index contributed by atoms with van der Waals surface area (Å²) >= 11 is 5.96. The number of aromatic amines is 1. The van der Waals surface area contributed by atoms with Gasteiger partial charge in [-0.3, -0.25) is 4.79 Å². The molecule has 0 unspecified atom stereocenters. The molecule has 1 aromatic heterocycles. The number of imide groups is 1. The van der Waals surface area contributed by atoms with Crippen LogP contribution in [-0.2, 0) is 11.2 Å². The largest absolute Gasteiger partial charge is 0.361 e. The van der Waals surface area contributed by atoms with Crippen LogP contribution in [0.4, 0.5) is 10.5 Å². The van der Waals surface area contributed by atoms with E-state index in [9.17, 15) is 9.59 Å². The van der Waals surface area contributed by atoms with Crippen molar-refractivity contribution in [2.24, 2.45) is 0 Å². The van der Waals surface area contributed by atoms with Gasteiger partial charge in [-0.25, -0.2) is 9.69 Å². The number of H-pyrrole nitrogens is 1. The van der Waals surface area contributed by atoms with Gasteiger partial charge in [0, 0.05) is 28.5 Å². The molecule has 1 aliphatic heterocycles. The van der Waals surface area contributed by atoms with Crippen molar-refractivity contribution in [1.82, 2.24) is 10.3 Å². The van der Waals surface area contributed by atoms with Crippen LogP contribution in [0.2, 0.25) is 5.02 Å². The number of fused-ring (bicyclic) bond motifs is 1. The third-order valence-corrected chi connectivity index (χ3v) is 4.42. The third kappa shape index (κ3) is 2.43. The molecule has 4 rings (SSSR count). The first-order chi connectivity index (χ1) is 11.6. The highest BCUT2D eigenvalue weighted by molar-refractivity contribution is 6.31. The molecule has 0 saturated carbocycles. The molecule has 120 valence electrons. The number of nitrogens with one attached hydrogen (secondary N) is 2. The Morgan fingerprint density at radius 3 is 2.75 bits per heavy atom. The summed E-state index contributed by atoms with van der Waals surface area (Å²) < 4.78 is 0. The summed E-state index contributed by atoms with van der Waals surface area (Å²) in [6, 6.07) is 13.6. The van der Waals surface area contributed by atoms with Crippen molar-refractivity contribution in [3.63, 3.8) is 0 Å². The standard InChI is InChI=1S/C18H14ClN3O2/c19-12-4-3-5-13(9-12)22-17(23)16(21-18(22)24)8-11-10-20-15-7-2-1-6-14(11)15/h1-7,9-10,16,20H,8H2,(H,21,24)/t16-/m1/s1. The highest BCUT2D eigenvalue weighted by Gasteiger charge is 2.39. The summed E-state index contributed by atoms with van der Waals surface area (Å²) in [5, 5.41) is 4.29. The molecule has 24 heavy (non-hydrogen) atoms. The van der Waals surface area contributed by atoms with Gasteiger partial charge in [0.25, 0.3) is 5.91 Å². The van der Waals surface area contributed by atoms with Gasteiger partial charge in [0.2, 0.25) is 0 Å². The number of para-hydroxylation sites is 1. The second-order valence-corrected chi connectivity index (χ2v) is 6.16. The second kappa shape index (κ2) is 5.69. The lowest BCUT2D eigenvalue weighted by atomic mass is 10.0. The maximum atomic E-state index is 12.7. The third-order valence-electron chi connectivity index (χ3n) is 4.18. The lowest BCUT2D eigenvalue weighted by Gasteiger charge is -2.13. The van der Waals surface area contributed by atoms with Crippen molar-refractivity contribution in [2.45, 2.75) is 12.5 Å². The summed E-state index contributed by atoms with van der Waals surface area (Å²) in [7, 11) is 0. The minimum absolute atomic E-state index is 0.271. The molecule has 3 aromatic rings. The molecule has 1 fully saturated rings. The number of amides is 3. The Morgan fingerprint density at radius 2 is 1.92 bits per heavy atom. The van der Waals surface area contributed by atoms with E-state index in [2.05, 4.69) is 10.3 Å². The number of nitrogens with zero attached hydrogens (tertiary/aromatic N) is 1. The van der Waals surface area contributed by atoms with E-state index in [4.69, 9.17) is 11.6 Å². The van der Waals surface area contributed by atoms with E-state index >= 15 is 0 Å². The van der Waals surface area contributed by atoms with Crippen molar-refractivity contribution < 1.29 is 9.59 Å². The number of anilines is 1. The molecule has 1 saturated heterocycles. The Morgan fingerprint density at radius 1 is 1.08 bits per heavy atom. The minimum atomic E-state index is -0.587. The fourth-order valence-corrected chi connectivity index (χ4v) is 3.23. The molecular formula is C18H14ClN3O2. The first-order valence-electron chi connectivity index (χ1n) is 7.58. The fourth-order valence-electron chi connectivity index (χ4n) is 3.05. The Kier molecular flexibility index (Phi) is 3.50. The Bertz CT molecular complexity index is 950. The highest BCUT2D eigenvalue weighted by Crippen LogP contribution is 2.25. The zero-order valence-corrected chi connectivity index (χ0v) is 13.4. The van der Waals surface area contributed by atoms with E-state index in [-0.39, 0.29) is 5.91 Å². The smallest absolute Gasteiger partial charge is 0.329 e. The number of urea groups is 1. The van der Waals surface area contributed by atoms with Crippen LogP contribution in [0.5, 0.6) is 0 Å². The van der Waals surface area contributed by atoms with Crippen LogP contribution in [-0.4, -0.2) is 23.0 Å². The molecule has 0 radical (unpaired) electrons. The molecule has 2 heterocycles. The topological polar surface area (TPSA) is 65.2 Å². The molecule has 2 N–H and O–H groups in total. The number of carbonyl (C=O) groups excluding carboxylic acids is 2. The predicted octanol–water partition coefficient (Wildman–Crippen LogP) is 3.49. The van der Waals surface area contributed by atoms with E-state index in [0.29, 0.717) is 17.1 Å². The van der Waals surface area contributed by atoms with Crippen LogP contribution in [0.1, 0.15) is 5.56 Å². The number of carbonyl (C=O) groups is 2. The highest BCUT2D eigenvalue weighted by atomic mass is 35.5. The molecule has 6 heteroatoms. The normalized spacial score (nSPS) is 17.5. The Labute approximate surface area is 143 Å². The molecule has 0 spiro atoms. The quantitative estimate of drug-likeness (QED) is 0.717. The van der Waals surface area contributed by atoms with E-state index in [1.54, 1.807) is 24.3 Å². The Hall–Kier alpha value is -2.79.